The molecule has 5 nitrogen and oxygen atoms in total. The van der Waals surface area contributed by atoms with E-state index in [0.717, 1.165) is 50.7 Å². The minimum Gasteiger partial charge on any atom is -0.358 e. The van der Waals surface area contributed by atoms with Gasteiger partial charge in [0.15, 0.2) is 5.82 Å². The first-order chi connectivity index (χ1) is 24.8. The molecule has 1 aliphatic rings. The lowest BCUT2D eigenvalue weighted by Crippen LogP contribution is -2.24. The first-order valence-corrected chi connectivity index (χ1v) is 16.9. The summed E-state index contributed by atoms with van der Waals surface area (Å²) in [5.41, 5.74) is 11.0. The van der Waals surface area contributed by atoms with Gasteiger partial charge < -0.3 is 9.88 Å². The molecule has 236 valence electrons. The van der Waals surface area contributed by atoms with Gasteiger partial charge in [-0.05, 0) is 88.1 Å². The number of aromatic nitrogens is 3. The smallest absolute Gasteiger partial charge is 0.158 e. The summed E-state index contributed by atoms with van der Waals surface area (Å²) in [6, 6.07) is 56.2. The number of hydrogen-bond donors (Lipinski definition) is 1. The van der Waals surface area contributed by atoms with Crippen LogP contribution < -0.4 is 10.2 Å². The topological polar surface area (TPSA) is 46.0 Å². The zero-order valence-corrected chi connectivity index (χ0v) is 27.1. The summed E-state index contributed by atoms with van der Waals surface area (Å²) in [5.74, 6) is 0.899. The summed E-state index contributed by atoms with van der Waals surface area (Å²) in [6.45, 7) is 0. The van der Waals surface area contributed by atoms with Crippen LogP contribution in [0.4, 0.5) is 17.2 Å². The van der Waals surface area contributed by atoms with Crippen molar-refractivity contribution in [3.8, 4) is 27.9 Å². The molecule has 1 aliphatic heterocycles. The van der Waals surface area contributed by atoms with Gasteiger partial charge in [0.05, 0.1) is 16.7 Å². The van der Waals surface area contributed by atoms with Gasteiger partial charge in [0.2, 0.25) is 0 Å². The number of benzene rings is 6. The van der Waals surface area contributed by atoms with Crippen LogP contribution in [0.15, 0.2) is 176 Å². The molecule has 50 heavy (non-hydrogen) atoms. The summed E-state index contributed by atoms with van der Waals surface area (Å²) in [4.78, 5) is 11.9. The molecule has 4 heterocycles. The standard InChI is InChI=1S/C45H31N5/c1-2-14-37(15-3-1)50-44(48-41-27-36(29-47-45(41)50)32-21-20-30-11-4-5-12-31(30)23-32)35-24-34(33-13-10-22-46-28-33)25-38(26-35)49-42-18-8-6-16-39(42)40-17-7-9-19-43(40)49/h1-29,44,48H. The van der Waals surface area contributed by atoms with Gasteiger partial charge in [-0.1, -0.05) is 97.1 Å². The molecule has 1 N–H and O–H groups in total. The van der Waals surface area contributed by atoms with E-state index < -0.39 is 0 Å². The van der Waals surface area contributed by atoms with Crippen LogP contribution in [-0.2, 0) is 0 Å². The van der Waals surface area contributed by atoms with Gasteiger partial charge in [-0.3, -0.25) is 9.88 Å². The van der Waals surface area contributed by atoms with Crippen LogP contribution in [0.1, 0.15) is 11.7 Å². The highest BCUT2D eigenvalue weighted by atomic mass is 15.4. The molecule has 0 spiro atoms. The Labute approximate surface area is 289 Å². The van der Waals surface area contributed by atoms with Crippen molar-refractivity contribution in [2.75, 3.05) is 10.2 Å². The Morgan fingerprint density at radius 3 is 2.02 bits per heavy atom. The van der Waals surface area contributed by atoms with E-state index in [-0.39, 0.29) is 6.17 Å². The van der Waals surface area contributed by atoms with E-state index >= 15 is 0 Å². The molecule has 10 rings (SSSR count). The Morgan fingerprint density at radius 2 is 1.24 bits per heavy atom. The van der Waals surface area contributed by atoms with Crippen molar-refractivity contribution >= 4 is 49.8 Å². The van der Waals surface area contributed by atoms with Gasteiger partial charge in [-0.2, -0.15) is 0 Å². The lowest BCUT2D eigenvalue weighted by molar-refractivity contribution is 0.819. The van der Waals surface area contributed by atoms with Crippen molar-refractivity contribution in [2.24, 2.45) is 0 Å². The average molecular weight is 642 g/mol. The minimum absolute atomic E-state index is 0.213. The predicted molar refractivity (Wildman–Crippen MR) is 206 cm³/mol. The van der Waals surface area contributed by atoms with E-state index in [0.29, 0.717) is 0 Å². The molecule has 3 aromatic heterocycles. The van der Waals surface area contributed by atoms with Crippen molar-refractivity contribution in [3.05, 3.63) is 182 Å². The summed E-state index contributed by atoms with van der Waals surface area (Å²) in [5, 5.41) is 8.82. The van der Waals surface area contributed by atoms with Crippen LogP contribution in [0.2, 0.25) is 0 Å². The molecule has 0 saturated carbocycles. The number of nitrogens with one attached hydrogen (secondary N) is 1. The van der Waals surface area contributed by atoms with E-state index in [1.54, 1.807) is 0 Å². The van der Waals surface area contributed by atoms with Gasteiger partial charge in [0.1, 0.15) is 6.17 Å². The fraction of sp³-hybridized carbons (Fsp3) is 0.0222. The van der Waals surface area contributed by atoms with Gasteiger partial charge in [0.25, 0.3) is 0 Å². The zero-order valence-electron chi connectivity index (χ0n) is 27.1. The second-order valence-electron chi connectivity index (χ2n) is 12.8. The average Bonchev–Trinajstić information content (AvgIpc) is 3.74. The van der Waals surface area contributed by atoms with Gasteiger partial charge in [-0.15, -0.1) is 0 Å². The largest absolute Gasteiger partial charge is 0.358 e. The monoisotopic (exact) mass is 641 g/mol. The second-order valence-corrected chi connectivity index (χ2v) is 12.8. The van der Waals surface area contributed by atoms with Crippen molar-refractivity contribution in [2.45, 2.75) is 6.17 Å². The highest BCUT2D eigenvalue weighted by molar-refractivity contribution is 6.09. The van der Waals surface area contributed by atoms with Gasteiger partial charge in [0, 0.05) is 51.9 Å². The highest BCUT2D eigenvalue weighted by Crippen LogP contribution is 2.47. The van der Waals surface area contributed by atoms with Crippen molar-refractivity contribution in [3.63, 3.8) is 0 Å². The molecule has 5 heteroatoms. The van der Waals surface area contributed by atoms with Gasteiger partial charge >= 0.3 is 0 Å². The molecular weight excluding hydrogens is 611 g/mol. The number of pyridine rings is 2. The lowest BCUT2D eigenvalue weighted by atomic mass is 10.0. The summed E-state index contributed by atoms with van der Waals surface area (Å²) in [7, 11) is 0. The molecule has 6 aromatic carbocycles. The van der Waals surface area contributed by atoms with Crippen LogP contribution in [-0.4, -0.2) is 14.5 Å². The molecule has 0 saturated heterocycles. The first kappa shape index (κ1) is 28.3. The molecule has 0 fully saturated rings. The molecular formula is C45H31N5. The summed E-state index contributed by atoms with van der Waals surface area (Å²) >= 11 is 0. The lowest BCUT2D eigenvalue weighted by Gasteiger charge is -2.27. The van der Waals surface area contributed by atoms with Crippen LogP contribution in [0, 0.1) is 0 Å². The Morgan fingerprint density at radius 1 is 0.500 bits per heavy atom. The predicted octanol–water partition coefficient (Wildman–Crippen LogP) is 11.3. The number of fused-ring (bicyclic) bond motifs is 5. The second kappa shape index (κ2) is 11.5. The third kappa shape index (κ3) is 4.63. The number of nitrogens with zero attached hydrogens (tertiary/aromatic N) is 4. The maximum Gasteiger partial charge on any atom is 0.158 e. The van der Waals surface area contributed by atoms with Crippen LogP contribution in [0.3, 0.4) is 0 Å². The van der Waals surface area contributed by atoms with Crippen LogP contribution in [0.5, 0.6) is 0 Å². The third-order valence-corrected chi connectivity index (χ3v) is 9.85. The summed E-state index contributed by atoms with van der Waals surface area (Å²) < 4.78 is 2.39. The SMILES string of the molecule is c1ccc(N2c3ncc(-c4ccc5ccccc5c4)cc3NC2c2cc(-c3cccnc3)cc(-n3c4ccccc4c4ccccc43)c2)cc1. The maximum atomic E-state index is 5.13. The van der Waals surface area contributed by atoms with Crippen molar-refractivity contribution in [1.82, 2.24) is 14.5 Å². The number of para-hydroxylation sites is 3. The van der Waals surface area contributed by atoms with E-state index in [2.05, 4.69) is 171 Å². The highest BCUT2D eigenvalue weighted by Gasteiger charge is 2.33. The van der Waals surface area contributed by atoms with E-state index in [4.69, 9.17) is 4.98 Å². The molecule has 0 bridgehead atoms. The Hall–Kier alpha value is -6.72. The first-order valence-electron chi connectivity index (χ1n) is 16.9. The minimum atomic E-state index is -0.213. The Bertz CT molecular complexity index is 2640. The zero-order chi connectivity index (χ0) is 33.0. The molecule has 1 atom stereocenters. The summed E-state index contributed by atoms with van der Waals surface area (Å²) in [6.07, 6.45) is 5.55. The van der Waals surface area contributed by atoms with Gasteiger partial charge in [-0.25, -0.2) is 4.98 Å². The number of rotatable bonds is 5. The van der Waals surface area contributed by atoms with E-state index in [1.165, 1.54) is 32.6 Å². The van der Waals surface area contributed by atoms with E-state index in [9.17, 15) is 0 Å². The van der Waals surface area contributed by atoms with Crippen LogP contribution >= 0.6 is 0 Å². The van der Waals surface area contributed by atoms with Crippen molar-refractivity contribution in [1.29, 1.82) is 0 Å². The maximum absolute atomic E-state index is 5.13. The quantitative estimate of drug-likeness (QED) is 0.203. The molecule has 9 aromatic rings. The fourth-order valence-electron chi connectivity index (χ4n) is 7.53. The Kier molecular flexibility index (Phi) is 6.49. The van der Waals surface area contributed by atoms with Crippen LogP contribution in [0.25, 0.3) is 60.5 Å². The number of hydrogen-bond acceptors (Lipinski definition) is 4. The van der Waals surface area contributed by atoms with Crippen molar-refractivity contribution < 1.29 is 0 Å². The normalized spacial score (nSPS) is 13.9. The molecule has 0 radical (unpaired) electrons. The Balaban J connectivity index is 1.17. The third-order valence-electron chi connectivity index (χ3n) is 9.85. The molecule has 1 unspecified atom stereocenters. The number of anilines is 3. The molecule has 0 aliphatic carbocycles. The van der Waals surface area contributed by atoms with E-state index in [1.807, 2.05) is 24.7 Å². The molecule has 0 amide bonds. The fourth-order valence-corrected chi connectivity index (χ4v) is 7.53.